The van der Waals surface area contributed by atoms with Gasteiger partial charge in [-0.25, -0.2) is 0 Å². The van der Waals surface area contributed by atoms with Crippen LogP contribution in [0.25, 0.3) is 22.4 Å². The van der Waals surface area contributed by atoms with Gasteiger partial charge in [0.2, 0.25) is 0 Å². The summed E-state index contributed by atoms with van der Waals surface area (Å²) in [7, 11) is 0. The van der Waals surface area contributed by atoms with Crippen molar-refractivity contribution >= 4 is 5.57 Å². The van der Waals surface area contributed by atoms with Crippen molar-refractivity contribution < 1.29 is 0 Å². The highest BCUT2D eigenvalue weighted by Crippen LogP contribution is 2.28. The SMILES string of the molecule is C=C(C)c1ccc(-n2cc(C#CC)c(-c3cccc(C)c3)c2)cc1C. The summed E-state index contributed by atoms with van der Waals surface area (Å²) in [6.45, 7) is 12.2. The Balaban J connectivity index is 2.12. The highest BCUT2D eigenvalue weighted by molar-refractivity contribution is 5.72. The molecule has 25 heavy (non-hydrogen) atoms. The molecule has 0 N–H and O–H groups in total. The minimum absolute atomic E-state index is 1.05. The van der Waals surface area contributed by atoms with Gasteiger partial charge in [-0.2, -0.15) is 0 Å². The van der Waals surface area contributed by atoms with E-state index in [1.807, 2.05) is 13.8 Å². The monoisotopic (exact) mass is 325 g/mol. The molecule has 0 radical (unpaired) electrons. The number of hydrogen-bond acceptors (Lipinski definition) is 0. The average Bonchev–Trinajstić information content (AvgIpc) is 2.99. The van der Waals surface area contributed by atoms with Gasteiger partial charge in [0.05, 0.1) is 5.56 Å². The fourth-order valence-corrected chi connectivity index (χ4v) is 3.17. The summed E-state index contributed by atoms with van der Waals surface area (Å²) in [4.78, 5) is 0. The van der Waals surface area contributed by atoms with E-state index in [0.717, 1.165) is 16.8 Å². The van der Waals surface area contributed by atoms with E-state index in [1.165, 1.54) is 27.8 Å². The maximum Gasteiger partial charge on any atom is 0.0504 e. The van der Waals surface area contributed by atoms with Gasteiger partial charge in [-0.15, -0.1) is 5.92 Å². The van der Waals surface area contributed by atoms with E-state index in [9.17, 15) is 0 Å². The summed E-state index contributed by atoms with van der Waals surface area (Å²) < 4.78 is 2.16. The molecular formula is C24H23N. The molecule has 0 atom stereocenters. The van der Waals surface area contributed by atoms with Crippen LogP contribution in [0.5, 0.6) is 0 Å². The largest absolute Gasteiger partial charge is 0.322 e. The molecule has 0 saturated carbocycles. The summed E-state index contributed by atoms with van der Waals surface area (Å²) in [5.41, 5.74) is 9.35. The molecule has 124 valence electrons. The number of aromatic nitrogens is 1. The first-order valence-electron chi connectivity index (χ1n) is 8.48. The quantitative estimate of drug-likeness (QED) is 0.508. The van der Waals surface area contributed by atoms with E-state index < -0.39 is 0 Å². The van der Waals surface area contributed by atoms with E-state index in [1.54, 1.807) is 0 Å². The molecule has 1 nitrogen and oxygen atoms in total. The summed E-state index contributed by atoms with van der Waals surface area (Å²) in [5, 5.41) is 0. The van der Waals surface area contributed by atoms with E-state index in [0.29, 0.717) is 0 Å². The topological polar surface area (TPSA) is 4.93 Å². The van der Waals surface area contributed by atoms with Crippen LogP contribution < -0.4 is 0 Å². The predicted molar refractivity (Wildman–Crippen MR) is 108 cm³/mol. The number of aryl methyl sites for hydroxylation is 2. The fraction of sp³-hybridized carbons (Fsp3) is 0.167. The first kappa shape index (κ1) is 16.9. The van der Waals surface area contributed by atoms with Crippen molar-refractivity contribution in [2.24, 2.45) is 0 Å². The van der Waals surface area contributed by atoms with E-state index in [4.69, 9.17) is 0 Å². The molecule has 1 heterocycles. The Morgan fingerprint density at radius 1 is 1.04 bits per heavy atom. The Morgan fingerprint density at radius 2 is 1.84 bits per heavy atom. The first-order valence-corrected chi connectivity index (χ1v) is 8.48. The number of nitrogens with zero attached hydrogens (tertiary/aromatic N) is 1. The van der Waals surface area contributed by atoms with Crippen molar-refractivity contribution in [3.63, 3.8) is 0 Å². The van der Waals surface area contributed by atoms with Crippen LogP contribution in [-0.2, 0) is 0 Å². The highest BCUT2D eigenvalue weighted by Gasteiger charge is 2.10. The van der Waals surface area contributed by atoms with Gasteiger partial charge >= 0.3 is 0 Å². The maximum atomic E-state index is 4.05. The highest BCUT2D eigenvalue weighted by atomic mass is 14.9. The summed E-state index contributed by atoms with van der Waals surface area (Å²) >= 11 is 0. The lowest BCUT2D eigenvalue weighted by atomic mass is 10.0. The third kappa shape index (κ3) is 3.44. The van der Waals surface area contributed by atoms with Gasteiger partial charge < -0.3 is 4.57 Å². The van der Waals surface area contributed by atoms with Crippen molar-refractivity contribution in [2.45, 2.75) is 27.7 Å². The van der Waals surface area contributed by atoms with E-state index >= 15 is 0 Å². The van der Waals surface area contributed by atoms with Crippen LogP contribution in [0.2, 0.25) is 0 Å². The Bertz CT molecular complexity index is 1010. The van der Waals surface area contributed by atoms with Crippen molar-refractivity contribution in [2.75, 3.05) is 0 Å². The van der Waals surface area contributed by atoms with Crippen LogP contribution in [0.1, 0.15) is 36.1 Å². The average molecular weight is 325 g/mol. The van der Waals surface area contributed by atoms with Gasteiger partial charge in [-0.1, -0.05) is 54.0 Å². The molecular weight excluding hydrogens is 302 g/mol. The molecule has 0 amide bonds. The minimum Gasteiger partial charge on any atom is -0.322 e. The van der Waals surface area contributed by atoms with Crippen molar-refractivity contribution in [3.8, 4) is 28.7 Å². The van der Waals surface area contributed by atoms with Crippen molar-refractivity contribution in [3.05, 3.63) is 83.7 Å². The lowest BCUT2D eigenvalue weighted by Gasteiger charge is -2.09. The molecule has 0 bridgehead atoms. The zero-order chi connectivity index (χ0) is 18.0. The fourth-order valence-electron chi connectivity index (χ4n) is 3.17. The van der Waals surface area contributed by atoms with Crippen LogP contribution >= 0.6 is 0 Å². The smallest absolute Gasteiger partial charge is 0.0504 e. The summed E-state index contributed by atoms with van der Waals surface area (Å²) in [5.74, 6) is 6.28. The zero-order valence-electron chi connectivity index (χ0n) is 15.4. The van der Waals surface area contributed by atoms with Gasteiger partial charge in [-0.05, 0) is 56.5 Å². The molecule has 2 aromatic carbocycles. The van der Waals surface area contributed by atoms with E-state index in [-0.39, 0.29) is 0 Å². The van der Waals surface area contributed by atoms with Crippen molar-refractivity contribution in [1.29, 1.82) is 0 Å². The second-order valence-corrected chi connectivity index (χ2v) is 6.52. The van der Waals surface area contributed by atoms with Gasteiger partial charge in [-0.3, -0.25) is 0 Å². The molecule has 0 unspecified atom stereocenters. The zero-order valence-corrected chi connectivity index (χ0v) is 15.4. The Morgan fingerprint density at radius 3 is 2.48 bits per heavy atom. The minimum atomic E-state index is 1.05. The third-order valence-corrected chi connectivity index (χ3v) is 4.38. The van der Waals surface area contributed by atoms with Crippen LogP contribution in [-0.4, -0.2) is 4.57 Å². The Labute approximate surface area is 150 Å². The summed E-state index contributed by atoms with van der Waals surface area (Å²) in [6.07, 6.45) is 4.28. The summed E-state index contributed by atoms with van der Waals surface area (Å²) in [6, 6.07) is 15.0. The van der Waals surface area contributed by atoms with Gasteiger partial charge in [0.25, 0.3) is 0 Å². The lowest BCUT2D eigenvalue weighted by molar-refractivity contribution is 1.07. The van der Waals surface area contributed by atoms with Crippen LogP contribution in [0.15, 0.2) is 61.4 Å². The molecule has 0 fully saturated rings. The third-order valence-electron chi connectivity index (χ3n) is 4.38. The lowest BCUT2D eigenvalue weighted by Crippen LogP contribution is -1.93. The molecule has 1 aromatic heterocycles. The molecule has 0 saturated heterocycles. The van der Waals surface area contributed by atoms with Crippen LogP contribution in [0, 0.1) is 25.7 Å². The number of benzene rings is 2. The van der Waals surface area contributed by atoms with Gasteiger partial charge in [0.15, 0.2) is 0 Å². The standard InChI is InChI=1S/C24H23N/c1-6-8-21-15-25(16-24(21)20-10-7-9-18(4)13-20)22-11-12-23(17(2)3)19(5)14-22/h7,9-16H,2H2,1,3-5H3. The number of allylic oxidation sites excluding steroid dienone is 1. The van der Waals surface area contributed by atoms with Crippen molar-refractivity contribution in [1.82, 2.24) is 4.57 Å². The van der Waals surface area contributed by atoms with E-state index in [2.05, 4.69) is 91.7 Å². The Hall–Kier alpha value is -2.98. The van der Waals surface area contributed by atoms with Gasteiger partial charge in [0.1, 0.15) is 0 Å². The molecule has 3 rings (SSSR count). The molecule has 0 spiro atoms. The predicted octanol–water partition coefficient (Wildman–Crippen LogP) is 6.17. The molecule has 3 aromatic rings. The molecule has 0 aliphatic carbocycles. The first-order chi connectivity index (χ1) is 12.0. The normalized spacial score (nSPS) is 10.2. The Kier molecular flexibility index (Phi) is 4.63. The number of hydrogen-bond donors (Lipinski definition) is 0. The molecule has 0 aliphatic rings. The molecule has 0 aliphatic heterocycles. The van der Waals surface area contributed by atoms with Crippen LogP contribution in [0.4, 0.5) is 0 Å². The number of rotatable bonds is 3. The second kappa shape index (κ2) is 6.87. The van der Waals surface area contributed by atoms with Gasteiger partial charge in [0, 0.05) is 23.6 Å². The maximum absolute atomic E-state index is 4.05. The van der Waals surface area contributed by atoms with Crippen LogP contribution in [0.3, 0.4) is 0 Å². The molecule has 1 heteroatoms. The second-order valence-electron chi connectivity index (χ2n) is 6.52.